The van der Waals surface area contributed by atoms with Gasteiger partial charge in [-0.2, -0.15) is 0 Å². The van der Waals surface area contributed by atoms with Gasteiger partial charge >= 0.3 is 6.09 Å². The molecular weight excluding hydrogens is 294 g/mol. The molecule has 1 aliphatic rings. The van der Waals surface area contributed by atoms with Crippen molar-refractivity contribution in [2.45, 2.75) is 52.1 Å². The summed E-state index contributed by atoms with van der Waals surface area (Å²) in [6.45, 7) is 6.53. The molecule has 3 nitrogen and oxygen atoms in total. The number of hydrogen-bond donors (Lipinski definition) is 0. The van der Waals surface area contributed by atoms with Gasteiger partial charge < -0.3 is 9.64 Å². The van der Waals surface area contributed by atoms with Gasteiger partial charge in [-0.3, -0.25) is 0 Å². The zero-order chi connectivity index (χ0) is 13.8. The number of nitrogens with zero attached hydrogens (tertiary/aromatic N) is 1. The number of amides is 1. The van der Waals surface area contributed by atoms with E-state index in [9.17, 15) is 4.79 Å². The summed E-state index contributed by atoms with van der Waals surface area (Å²) < 4.78 is 5.36. The van der Waals surface area contributed by atoms with E-state index < -0.39 is 5.60 Å². The molecule has 1 rings (SSSR count). The number of halogens is 1. The third-order valence-corrected chi connectivity index (χ3v) is 4.34. The van der Waals surface area contributed by atoms with Crippen LogP contribution in [0.4, 0.5) is 4.79 Å². The molecule has 0 aliphatic heterocycles. The molecule has 1 amide bonds. The maximum Gasteiger partial charge on any atom is 0.410 e. The molecule has 4 heteroatoms. The maximum absolute atomic E-state index is 11.8. The molecule has 106 valence electrons. The Hall–Kier alpha value is -0.250. The zero-order valence-corrected chi connectivity index (χ0v) is 13.6. The van der Waals surface area contributed by atoms with Gasteiger partial charge in [-0.15, -0.1) is 0 Å². The monoisotopic (exact) mass is 319 g/mol. The van der Waals surface area contributed by atoms with Crippen LogP contribution in [0.1, 0.15) is 46.5 Å². The molecule has 0 saturated heterocycles. The number of carbonyl (C=O) groups is 1. The smallest absolute Gasteiger partial charge is 0.410 e. The van der Waals surface area contributed by atoms with E-state index in [2.05, 4.69) is 15.9 Å². The lowest BCUT2D eigenvalue weighted by Crippen LogP contribution is -2.37. The summed E-state index contributed by atoms with van der Waals surface area (Å²) in [7, 11) is 1.84. The van der Waals surface area contributed by atoms with E-state index >= 15 is 0 Å². The third kappa shape index (κ3) is 5.59. The van der Waals surface area contributed by atoms with Gasteiger partial charge in [0, 0.05) is 18.9 Å². The fourth-order valence-electron chi connectivity index (χ4n) is 2.37. The Bertz CT molecular complexity index is 267. The Kier molecular flexibility index (Phi) is 5.96. The van der Waals surface area contributed by atoms with Crippen LogP contribution < -0.4 is 0 Å². The highest BCUT2D eigenvalue weighted by atomic mass is 79.9. The van der Waals surface area contributed by atoms with E-state index in [1.165, 1.54) is 25.7 Å². The molecule has 0 atom stereocenters. The summed E-state index contributed by atoms with van der Waals surface area (Å²) in [6.07, 6.45) is 4.80. The third-order valence-electron chi connectivity index (χ3n) is 3.42. The molecule has 0 aromatic heterocycles. The highest BCUT2D eigenvalue weighted by Crippen LogP contribution is 2.30. The molecule has 0 radical (unpaired) electrons. The minimum Gasteiger partial charge on any atom is -0.444 e. The first-order chi connectivity index (χ1) is 8.31. The average Bonchev–Trinajstić information content (AvgIpc) is 2.27. The Morgan fingerprint density at radius 2 is 1.72 bits per heavy atom. The fraction of sp³-hybridized carbons (Fsp3) is 0.929. The van der Waals surface area contributed by atoms with Crippen LogP contribution in [0.5, 0.6) is 0 Å². The van der Waals surface area contributed by atoms with Crippen LogP contribution in [-0.4, -0.2) is 35.5 Å². The van der Waals surface area contributed by atoms with E-state index in [1.54, 1.807) is 4.90 Å². The first-order valence-corrected chi connectivity index (χ1v) is 7.94. The first-order valence-electron chi connectivity index (χ1n) is 6.82. The summed E-state index contributed by atoms with van der Waals surface area (Å²) in [5, 5.41) is 1.11. The van der Waals surface area contributed by atoms with Gasteiger partial charge in [-0.05, 0) is 58.3 Å². The summed E-state index contributed by atoms with van der Waals surface area (Å²) in [4.78, 5) is 13.6. The second-order valence-corrected chi connectivity index (χ2v) is 7.05. The van der Waals surface area contributed by atoms with E-state index in [4.69, 9.17) is 4.74 Å². The molecule has 0 bridgehead atoms. The molecule has 1 saturated carbocycles. The van der Waals surface area contributed by atoms with Crippen LogP contribution in [0.25, 0.3) is 0 Å². The molecule has 0 unspecified atom stereocenters. The summed E-state index contributed by atoms with van der Waals surface area (Å²) in [5.41, 5.74) is -0.404. The summed E-state index contributed by atoms with van der Waals surface area (Å²) in [5.74, 6) is 1.46. The van der Waals surface area contributed by atoms with E-state index in [1.807, 2.05) is 27.8 Å². The van der Waals surface area contributed by atoms with Gasteiger partial charge in [-0.1, -0.05) is 15.9 Å². The van der Waals surface area contributed by atoms with Gasteiger partial charge in [0.1, 0.15) is 5.60 Å². The zero-order valence-electron chi connectivity index (χ0n) is 12.0. The number of ether oxygens (including phenoxy) is 1. The standard InChI is InChI=1S/C14H26BrNO2/c1-14(2,3)18-13(17)16(4)10-12-7-5-11(9-15)6-8-12/h11-12H,5-10H2,1-4H3. The van der Waals surface area contributed by atoms with E-state index in [-0.39, 0.29) is 6.09 Å². The molecule has 18 heavy (non-hydrogen) atoms. The minimum absolute atomic E-state index is 0.204. The Labute approximate surface area is 119 Å². The van der Waals surface area contributed by atoms with Crippen LogP contribution >= 0.6 is 15.9 Å². The predicted octanol–water partition coefficient (Wildman–Crippen LogP) is 4.05. The molecular formula is C14H26BrNO2. The van der Waals surface area contributed by atoms with Crippen molar-refractivity contribution in [1.29, 1.82) is 0 Å². The summed E-state index contributed by atoms with van der Waals surface area (Å²) in [6, 6.07) is 0. The van der Waals surface area contributed by atoms with Crippen molar-refractivity contribution in [3.05, 3.63) is 0 Å². The van der Waals surface area contributed by atoms with Gasteiger partial charge in [0.05, 0.1) is 0 Å². The lowest BCUT2D eigenvalue weighted by atomic mass is 9.83. The van der Waals surface area contributed by atoms with Crippen molar-refractivity contribution in [2.24, 2.45) is 11.8 Å². The van der Waals surface area contributed by atoms with Crippen molar-refractivity contribution >= 4 is 22.0 Å². The van der Waals surface area contributed by atoms with Gasteiger partial charge in [-0.25, -0.2) is 4.79 Å². The quantitative estimate of drug-likeness (QED) is 0.734. The second-order valence-electron chi connectivity index (χ2n) is 6.40. The van der Waals surface area contributed by atoms with Gasteiger partial charge in [0.15, 0.2) is 0 Å². The number of rotatable bonds is 3. The van der Waals surface area contributed by atoms with Crippen molar-refractivity contribution in [3.8, 4) is 0 Å². The van der Waals surface area contributed by atoms with Crippen molar-refractivity contribution < 1.29 is 9.53 Å². The average molecular weight is 320 g/mol. The van der Waals surface area contributed by atoms with Crippen LogP contribution in [-0.2, 0) is 4.74 Å². The topological polar surface area (TPSA) is 29.5 Å². The highest BCUT2D eigenvalue weighted by Gasteiger charge is 2.25. The van der Waals surface area contributed by atoms with E-state index in [0.717, 1.165) is 17.8 Å². The van der Waals surface area contributed by atoms with Crippen molar-refractivity contribution in [3.63, 3.8) is 0 Å². The highest BCUT2D eigenvalue weighted by molar-refractivity contribution is 9.09. The second kappa shape index (κ2) is 6.78. The molecule has 1 aliphatic carbocycles. The van der Waals surface area contributed by atoms with Gasteiger partial charge in [0.25, 0.3) is 0 Å². The first kappa shape index (κ1) is 15.8. The molecule has 0 aromatic rings. The Balaban J connectivity index is 2.32. The maximum atomic E-state index is 11.8. The van der Waals surface area contributed by atoms with Crippen molar-refractivity contribution in [1.82, 2.24) is 4.90 Å². The molecule has 0 aromatic carbocycles. The van der Waals surface area contributed by atoms with E-state index in [0.29, 0.717) is 5.92 Å². The summed E-state index contributed by atoms with van der Waals surface area (Å²) >= 11 is 3.55. The molecule has 0 N–H and O–H groups in total. The minimum atomic E-state index is -0.404. The number of carbonyl (C=O) groups excluding carboxylic acids is 1. The largest absolute Gasteiger partial charge is 0.444 e. The van der Waals surface area contributed by atoms with Gasteiger partial charge in [0.2, 0.25) is 0 Å². The Morgan fingerprint density at radius 1 is 1.22 bits per heavy atom. The van der Waals surface area contributed by atoms with Crippen LogP contribution in [0.15, 0.2) is 0 Å². The fourth-order valence-corrected chi connectivity index (χ4v) is 3.02. The molecule has 0 heterocycles. The number of hydrogen-bond acceptors (Lipinski definition) is 2. The molecule has 0 spiro atoms. The SMILES string of the molecule is CN(CC1CCC(CBr)CC1)C(=O)OC(C)(C)C. The van der Waals surface area contributed by atoms with Crippen LogP contribution in [0, 0.1) is 11.8 Å². The van der Waals surface area contributed by atoms with Crippen molar-refractivity contribution in [2.75, 3.05) is 18.9 Å². The molecule has 1 fully saturated rings. The van der Waals surface area contributed by atoms with Crippen LogP contribution in [0.3, 0.4) is 0 Å². The lowest BCUT2D eigenvalue weighted by molar-refractivity contribution is 0.0259. The number of alkyl halides is 1. The lowest BCUT2D eigenvalue weighted by Gasteiger charge is -2.31. The Morgan fingerprint density at radius 3 is 2.17 bits per heavy atom. The normalized spacial score (nSPS) is 24.7. The predicted molar refractivity (Wildman–Crippen MR) is 78.1 cm³/mol. The van der Waals surface area contributed by atoms with Crippen LogP contribution in [0.2, 0.25) is 0 Å².